The van der Waals surface area contributed by atoms with Crippen molar-refractivity contribution in [2.45, 2.75) is 20.4 Å². The maximum Gasteiger partial charge on any atom is 0.252 e. The van der Waals surface area contributed by atoms with E-state index < -0.39 is 0 Å². The molecule has 0 atom stereocenters. The SMILES string of the molecule is CC(=O)N(CCNC(=O)c1ccccc1Br)Cc1cccc(C)c1. The third-order valence-corrected chi connectivity index (χ3v) is 4.38. The summed E-state index contributed by atoms with van der Waals surface area (Å²) in [6, 6.07) is 15.3. The minimum Gasteiger partial charge on any atom is -0.350 e. The standard InChI is InChI=1S/C19H21BrN2O2/c1-14-6-5-7-16(12-14)13-22(15(2)23)11-10-21-19(24)17-8-3-4-9-18(17)20/h3-9,12H,10-11,13H2,1-2H3,(H,21,24). The zero-order valence-electron chi connectivity index (χ0n) is 13.9. The molecular weight excluding hydrogens is 368 g/mol. The topological polar surface area (TPSA) is 49.4 Å². The van der Waals surface area contributed by atoms with Crippen molar-refractivity contribution in [1.82, 2.24) is 10.2 Å². The Labute approximate surface area is 151 Å². The van der Waals surface area contributed by atoms with Gasteiger partial charge in [0, 0.05) is 31.0 Å². The Balaban J connectivity index is 1.91. The number of benzene rings is 2. The molecule has 2 aromatic carbocycles. The van der Waals surface area contributed by atoms with Crippen molar-refractivity contribution in [3.63, 3.8) is 0 Å². The van der Waals surface area contributed by atoms with Crippen LogP contribution in [0.1, 0.15) is 28.4 Å². The van der Waals surface area contributed by atoms with E-state index in [1.54, 1.807) is 17.9 Å². The molecule has 0 bridgehead atoms. The van der Waals surface area contributed by atoms with Crippen LogP contribution in [0.25, 0.3) is 0 Å². The van der Waals surface area contributed by atoms with Crippen LogP contribution in [0.5, 0.6) is 0 Å². The molecular formula is C19H21BrN2O2. The summed E-state index contributed by atoms with van der Waals surface area (Å²) in [5, 5.41) is 2.86. The van der Waals surface area contributed by atoms with Gasteiger partial charge >= 0.3 is 0 Å². The Morgan fingerprint density at radius 1 is 1.12 bits per heavy atom. The highest BCUT2D eigenvalue weighted by Crippen LogP contribution is 2.15. The first-order chi connectivity index (χ1) is 11.5. The quantitative estimate of drug-likeness (QED) is 0.822. The van der Waals surface area contributed by atoms with Crippen LogP contribution >= 0.6 is 15.9 Å². The van der Waals surface area contributed by atoms with Crippen molar-refractivity contribution in [2.75, 3.05) is 13.1 Å². The molecule has 0 saturated heterocycles. The Kier molecular flexibility index (Phi) is 6.55. The normalized spacial score (nSPS) is 10.3. The van der Waals surface area contributed by atoms with Crippen LogP contribution in [0, 0.1) is 6.92 Å². The van der Waals surface area contributed by atoms with Crippen LogP contribution in [0.3, 0.4) is 0 Å². The molecule has 126 valence electrons. The molecule has 0 aliphatic carbocycles. The molecule has 1 N–H and O–H groups in total. The van der Waals surface area contributed by atoms with E-state index in [-0.39, 0.29) is 11.8 Å². The fourth-order valence-electron chi connectivity index (χ4n) is 2.42. The van der Waals surface area contributed by atoms with E-state index in [1.165, 1.54) is 5.56 Å². The summed E-state index contributed by atoms with van der Waals surface area (Å²) < 4.78 is 0.755. The van der Waals surface area contributed by atoms with Gasteiger partial charge in [0.05, 0.1) is 5.56 Å². The molecule has 0 spiro atoms. The molecule has 24 heavy (non-hydrogen) atoms. The molecule has 0 saturated carbocycles. The molecule has 0 aromatic heterocycles. The van der Waals surface area contributed by atoms with E-state index in [9.17, 15) is 9.59 Å². The van der Waals surface area contributed by atoms with Crippen LogP contribution in [-0.4, -0.2) is 29.8 Å². The highest BCUT2D eigenvalue weighted by molar-refractivity contribution is 9.10. The number of carbonyl (C=O) groups excluding carboxylic acids is 2. The van der Waals surface area contributed by atoms with E-state index >= 15 is 0 Å². The molecule has 4 nitrogen and oxygen atoms in total. The fourth-order valence-corrected chi connectivity index (χ4v) is 2.89. The van der Waals surface area contributed by atoms with Crippen molar-refractivity contribution < 1.29 is 9.59 Å². The Morgan fingerprint density at radius 3 is 2.54 bits per heavy atom. The second-order valence-corrected chi connectivity index (χ2v) is 6.52. The Morgan fingerprint density at radius 2 is 1.88 bits per heavy atom. The number of nitrogens with one attached hydrogen (secondary N) is 1. The van der Waals surface area contributed by atoms with E-state index in [2.05, 4.69) is 27.3 Å². The van der Waals surface area contributed by atoms with E-state index in [0.29, 0.717) is 25.2 Å². The lowest BCUT2D eigenvalue weighted by Gasteiger charge is -2.21. The number of halogens is 1. The van der Waals surface area contributed by atoms with Gasteiger partial charge in [0.2, 0.25) is 5.91 Å². The first kappa shape index (κ1) is 18.2. The molecule has 0 heterocycles. The summed E-state index contributed by atoms with van der Waals surface area (Å²) in [4.78, 5) is 25.7. The monoisotopic (exact) mass is 388 g/mol. The van der Waals surface area contributed by atoms with Crippen LogP contribution in [0.2, 0.25) is 0 Å². The minimum absolute atomic E-state index is 0.00773. The summed E-state index contributed by atoms with van der Waals surface area (Å²) >= 11 is 3.37. The van der Waals surface area contributed by atoms with Gasteiger partial charge in [-0.1, -0.05) is 42.0 Å². The molecule has 5 heteroatoms. The molecule has 0 aliphatic heterocycles. The van der Waals surface area contributed by atoms with Crippen molar-refractivity contribution in [2.24, 2.45) is 0 Å². The van der Waals surface area contributed by atoms with Gasteiger partial charge in [-0.15, -0.1) is 0 Å². The number of amides is 2. The predicted molar refractivity (Wildman–Crippen MR) is 98.7 cm³/mol. The third kappa shape index (κ3) is 5.20. The predicted octanol–water partition coefficient (Wildman–Crippen LogP) is 3.54. The number of hydrogen-bond donors (Lipinski definition) is 1. The van der Waals surface area contributed by atoms with Gasteiger partial charge in [-0.25, -0.2) is 0 Å². The van der Waals surface area contributed by atoms with Gasteiger partial charge < -0.3 is 10.2 Å². The molecule has 2 aromatic rings. The van der Waals surface area contributed by atoms with Gasteiger partial charge in [0.25, 0.3) is 5.91 Å². The van der Waals surface area contributed by atoms with Gasteiger partial charge in [0.1, 0.15) is 0 Å². The lowest BCUT2D eigenvalue weighted by atomic mass is 10.1. The largest absolute Gasteiger partial charge is 0.350 e. The number of hydrogen-bond acceptors (Lipinski definition) is 2. The summed E-state index contributed by atoms with van der Waals surface area (Å²) in [5.74, 6) is -0.159. The minimum atomic E-state index is -0.151. The van der Waals surface area contributed by atoms with Crippen molar-refractivity contribution >= 4 is 27.7 Å². The molecule has 2 amide bonds. The number of rotatable bonds is 6. The average molecular weight is 389 g/mol. The van der Waals surface area contributed by atoms with Crippen LogP contribution in [0.15, 0.2) is 53.0 Å². The summed E-state index contributed by atoms with van der Waals surface area (Å²) in [6.45, 7) is 5.00. The molecule has 2 rings (SSSR count). The second kappa shape index (κ2) is 8.64. The average Bonchev–Trinajstić information content (AvgIpc) is 2.54. The maximum atomic E-state index is 12.2. The van der Waals surface area contributed by atoms with Gasteiger partial charge in [-0.2, -0.15) is 0 Å². The van der Waals surface area contributed by atoms with Crippen molar-refractivity contribution in [1.29, 1.82) is 0 Å². The second-order valence-electron chi connectivity index (χ2n) is 5.67. The summed E-state index contributed by atoms with van der Waals surface area (Å²) in [5.41, 5.74) is 2.84. The third-order valence-electron chi connectivity index (χ3n) is 3.69. The fraction of sp³-hybridized carbons (Fsp3) is 0.263. The lowest BCUT2D eigenvalue weighted by molar-refractivity contribution is -0.129. The Bertz CT molecular complexity index is 731. The summed E-state index contributed by atoms with van der Waals surface area (Å²) in [7, 11) is 0. The highest BCUT2D eigenvalue weighted by atomic mass is 79.9. The Hall–Kier alpha value is -2.14. The number of aryl methyl sites for hydroxylation is 1. The molecule has 0 aliphatic rings. The first-order valence-electron chi connectivity index (χ1n) is 7.81. The number of carbonyl (C=O) groups is 2. The van der Waals surface area contributed by atoms with Crippen molar-refractivity contribution in [3.8, 4) is 0 Å². The van der Waals surface area contributed by atoms with E-state index in [1.807, 2.05) is 43.3 Å². The molecule has 0 unspecified atom stereocenters. The van der Waals surface area contributed by atoms with Gasteiger partial charge in [-0.05, 0) is 40.5 Å². The van der Waals surface area contributed by atoms with Crippen LogP contribution < -0.4 is 5.32 Å². The lowest BCUT2D eigenvalue weighted by Crippen LogP contribution is -2.37. The highest BCUT2D eigenvalue weighted by Gasteiger charge is 2.12. The zero-order valence-corrected chi connectivity index (χ0v) is 15.5. The van der Waals surface area contributed by atoms with Gasteiger partial charge in [0.15, 0.2) is 0 Å². The first-order valence-corrected chi connectivity index (χ1v) is 8.60. The number of nitrogens with zero attached hydrogens (tertiary/aromatic N) is 1. The van der Waals surface area contributed by atoms with E-state index in [0.717, 1.165) is 10.0 Å². The van der Waals surface area contributed by atoms with Crippen LogP contribution in [0.4, 0.5) is 0 Å². The van der Waals surface area contributed by atoms with E-state index in [4.69, 9.17) is 0 Å². The molecule has 0 fully saturated rings. The van der Waals surface area contributed by atoms with Gasteiger partial charge in [-0.3, -0.25) is 9.59 Å². The smallest absolute Gasteiger partial charge is 0.252 e. The zero-order chi connectivity index (χ0) is 17.5. The van der Waals surface area contributed by atoms with Crippen molar-refractivity contribution in [3.05, 3.63) is 69.7 Å². The molecule has 0 radical (unpaired) electrons. The summed E-state index contributed by atoms with van der Waals surface area (Å²) in [6.07, 6.45) is 0. The van der Waals surface area contributed by atoms with Crippen LogP contribution in [-0.2, 0) is 11.3 Å². The maximum absolute atomic E-state index is 12.2.